The first kappa shape index (κ1) is 21.2. The van der Waals surface area contributed by atoms with Gasteiger partial charge in [0.2, 0.25) is 6.23 Å². The lowest BCUT2D eigenvalue weighted by molar-refractivity contribution is -0.385. The van der Waals surface area contributed by atoms with Crippen LogP contribution in [0.4, 0.5) is 5.69 Å². The van der Waals surface area contributed by atoms with Crippen LogP contribution in [0.3, 0.4) is 0 Å². The molecule has 0 saturated carbocycles. The molecule has 2 unspecified atom stereocenters. The van der Waals surface area contributed by atoms with Gasteiger partial charge in [-0.25, -0.2) is 5.01 Å². The van der Waals surface area contributed by atoms with Crippen molar-refractivity contribution in [1.82, 2.24) is 5.01 Å². The van der Waals surface area contributed by atoms with E-state index in [1.807, 2.05) is 53.5 Å². The SMILES string of the molecule is C=CCOc1ccc(C2=NN3C(C2)c2cc(Br)ccc2OC3c2cccc([N+](=O)[O-])c2)cc1. The van der Waals surface area contributed by atoms with Crippen molar-refractivity contribution in [2.45, 2.75) is 18.7 Å². The summed E-state index contributed by atoms with van der Waals surface area (Å²) in [6, 6.07) is 20.2. The van der Waals surface area contributed by atoms with Crippen molar-refractivity contribution in [3.8, 4) is 11.5 Å². The summed E-state index contributed by atoms with van der Waals surface area (Å²) < 4.78 is 12.9. The van der Waals surface area contributed by atoms with Crippen LogP contribution in [0.1, 0.15) is 35.4 Å². The van der Waals surface area contributed by atoms with E-state index in [1.54, 1.807) is 18.2 Å². The number of hydrogen-bond donors (Lipinski definition) is 0. The topological polar surface area (TPSA) is 77.2 Å². The van der Waals surface area contributed by atoms with Crippen LogP contribution in [0.25, 0.3) is 0 Å². The number of ether oxygens (including phenoxy) is 2. The molecule has 5 rings (SSSR count). The van der Waals surface area contributed by atoms with Gasteiger partial charge in [-0.05, 0) is 48.0 Å². The molecule has 166 valence electrons. The lowest BCUT2D eigenvalue weighted by Crippen LogP contribution is -2.33. The minimum absolute atomic E-state index is 0.0211. The monoisotopic (exact) mass is 505 g/mol. The van der Waals surface area contributed by atoms with Crippen molar-refractivity contribution in [2.75, 3.05) is 6.61 Å². The van der Waals surface area contributed by atoms with Gasteiger partial charge in [-0.2, -0.15) is 5.10 Å². The van der Waals surface area contributed by atoms with E-state index in [1.165, 1.54) is 6.07 Å². The molecule has 33 heavy (non-hydrogen) atoms. The highest BCUT2D eigenvalue weighted by Gasteiger charge is 2.41. The van der Waals surface area contributed by atoms with E-state index < -0.39 is 11.2 Å². The molecule has 2 heterocycles. The van der Waals surface area contributed by atoms with Gasteiger partial charge in [0.1, 0.15) is 18.1 Å². The van der Waals surface area contributed by atoms with Crippen molar-refractivity contribution < 1.29 is 14.4 Å². The number of halogens is 1. The van der Waals surface area contributed by atoms with E-state index in [9.17, 15) is 10.1 Å². The summed E-state index contributed by atoms with van der Waals surface area (Å²) in [5.74, 6) is 1.52. The largest absolute Gasteiger partial charge is 0.490 e. The number of non-ortho nitro benzene ring substituents is 1. The molecule has 3 aromatic carbocycles. The van der Waals surface area contributed by atoms with Gasteiger partial charge in [-0.15, -0.1) is 0 Å². The summed E-state index contributed by atoms with van der Waals surface area (Å²) in [5, 5.41) is 18.2. The van der Waals surface area contributed by atoms with Gasteiger partial charge in [0.05, 0.1) is 16.7 Å². The number of nitro benzene ring substituents is 1. The van der Waals surface area contributed by atoms with Crippen molar-refractivity contribution >= 4 is 27.3 Å². The van der Waals surface area contributed by atoms with E-state index >= 15 is 0 Å². The third kappa shape index (κ3) is 4.09. The van der Waals surface area contributed by atoms with Crippen molar-refractivity contribution in [3.05, 3.63) is 111 Å². The molecule has 2 aliphatic heterocycles. The Morgan fingerprint density at radius 3 is 2.79 bits per heavy atom. The number of nitro groups is 1. The highest BCUT2D eigenvalue weighted by Crippen LogP contribution is 2.48. The fourth-order valence-electron chi connectivity index (χ4n) is 4.14. The minimum Gasteiger partial charge on any atom is -0.490 e. The van der Waals surface area contributed by atoms with Crippen molar-refractivity contribution in [3.63, 3.8) is 0 Å². The number of benzene rings is 3. The fraction of sp³-hybridized carbons (Fsp3) is 0.160. The molecular formula is C25H20BrN3O4. The Morgan fingerprint density at radius 1 is 1.21 bits per heavy atom. The summed E-state index contributed by atoms with van der Waals surface area (Å²) in [7, 11) is 0. The summed E-state index contributed by atoms with van der Waals surface area (Å²) in [6.07, 6.45) is 1.82. The molecular weight excluding hydrogens is 486 g/mol. The van der Waals surface area contributed by atoms with Gasteiger partial charge in [0, 0.05) is 34.2 Å². The second kappa shape index (κ2) is 8.71. The Labute approximate surface area is 199 Å². The zero-order chi connectivity index (χ0) is 22.9. The quantitative estimate of drug-likeness (QED) is 0.227. The molecule has 7 nitrogen and oxygen atoms in total. The second-order valence-corrected chi connectivity index (χ2v) is 8.69. The normalized spacial score (nSPS) is 18.6. The molecule has 0 aromatic heterocycles. The molecule has 0 saturated heterocycles. The van der Waals surface area contributed by atoms with Crippen LogP contribution in [0.2, 0.25) is 0 Å². The lowest BCUT2D eigenvalue weighted by Gasteiger charge is -2.38. The first-order chi connectivity index (χ1) is 16.0. The smallest absolute Gasteiger partial charge is 0.269 e. The Balaban J connectivity index is 1.53. The maximum absolute atomic E-state index is 11.3. The van der Waals surface area contributed by atoms with Crippen LogP contribution >= 0.6 is 15.9 Å². The van der Waals surface area contributed by atoms with Gasteiger partial charge in [0.15, 0.2) is 0 Å². The first-order valence-corrected chi connectivity index (χ1v) is 11.2. The molecule has 2 aliphatic rings. The Hall–Kier alpha value is -3.65. The van der Waals surface area contributed by atoms with Crippen LogP contribution in [-0.4, -0.2) is 22.3 Å². The van der Waals surface area contributed by atoms with E-state index in [0.717, 1.165) is 32.8 Å². The molecule has 0 bridgehead atoms. The molecule has 0 aliphatic carbocycles. The minimum atomic E-state index is -0.573. The zero-order valence-electron chi connectivity index (χ0n) is 17.6. The number of fused-ring (bicyclic) bond motifs is 3. The second-order valence-electron chi connectivity index (χ2n) is 7.78. The molecule has 8 heteroatoms. The maximum Gasteiger partial charge on any atom is 0.269 e. The lowest BCUT2D eigenvalue weighted by atomic mass is 9.96. The van der Waals surface area contributed by atoms with Gasteiger partial charge < -0.3 is 9.47 Å². The highest BCUT2D eigenvalue weighted by atomic mass is 79.9. The summed E-state index contributed by atoms with van der Waals surface area (Å²) >= 11 is 3.55. The van der Waals surface area contributed by atoms with Gasteiger partial charge in [-0.1, -0.05) is 40.7 Å². The average molecular weight is 506 g/mol. The molecule has 3 aromatic rings. The Kier molecular flexibility index (Phi) is 5.60. The maximum atomic E-state index is 11.3. The average Bonchev–Trinajstić information content (AvgIpc) is 3.28. The summed E-state index contributed by atoms with van der Waals surface area (Å²) in [5.41, 5.74) is 3.64. The number of hydrogen-bond acceptors (Lipinski definition) is 6. The van der Waals surface area contributed by atoms with Gasteiger partial charge >= 0.3 is 0 Å². The van der Waals surface area contributed by atoms with Gasteiger partial charge in [-0.3, -0.25) is 10.1 Å². The molecule has 0 N–H and O–H groups in total. The third-order valence-corrected chi connectivity index (χ3v) is 6.17. The van der Waals surface area contributed by atoms with Crippen LogP contribution in [0, 0.1) is 10.1 Å². The highest BCUT2D eigenvalue weighted by molar-refractivity contribution is 9.10. The van der Waals surface area contributed by atoms with Crippen LogP contribution in [-0.2, 0) is 0 Å². The fourth-order valence-corrected chi connectivity index (χ4v) is 4.52. The Morgan fingerprint density at radius 2 is 2.03 bits per heavy atom. The standard InChI is InChI=1S/C25H20BrN3O4/c1-2-12-32-20-9-6-16(7-10-20)22-15-23-21-14-18(26)8-11-24(21)33-25(28(23)27-22)17-4-3-5-19(13-17)29(30)31/h2-11,13-14,23,25H,1,12,15H2. The van der Waals surface area contributed by atoms with Crippen LogP contribution < -0.4 is 9.47 Å². The summed E-state index contributed by atoms with van der Waals surface area (Å²) in [6.45, 7) is 4.12. The van der Waals surface area contributed by atoms with Crippen LogP contribution in [0.15, 0.2) is 89.0 Å². The predicted molar refractivity (Wildman–Crippen MR) is 128 cm³/mol. The first-order valence-electron chi connectivity index (χ1n) is 10.4. The molecule has 2 atom stereocenters. The van der Waals surface area contributed by atoms with E-state index in [0.29, 0.717) is 18.6 Å². The van der Waals surface area contributed by atoms with Crippen molar-refractivity contribution in [2.24, 2.45) is 5.10 Å². The third-order valence-electron chi connectivity index (χ3n) is 5.67. The molecule has 0 radical (unpaired) electrons. The van der Waals surface area contributed by atoms with E-state index in [2.05, 4.69) is 22.5 Å². The van der Waals surface area contributed by atoms with Crippen LogP contribution in [0.5, 0.6) is 11.5 Å². The molecule has 0 spiro atoms. The predicted octanol–water partition coefficient (Wildman–Crippen LogP) is 6.16. The number of nitrogens with zero attached hydrogens (tertiary/aromatic N) is 3. The van der Waals surface area contributed by atoms with E-state index in [-0.39, 0.29) is 11.7 Å². The zero-order valence-corrected chi connectivity index (χ0v) is 19.1. The van der Waals surface area contributed by atoms with E-state index in [4.69, 9.17) is 14.6 Å². The molecule has 0 fully saturated rings. The number of rotatable bonds is 6. The van der Waals surface area contributed by atoms with Crippen molar-refractivity contribution in [1.29, 1.82) is 0 Å². The Bertz CT molecular complexity index is 1260. The summed E-state index contributed by atoms with van der Waals surface area (Å²) in [4.78, 5) is 10.9. The number of hydrazone groups is 1. The van der Waals surface area contributed by atoms with Gasteiger partial charge in [0.25, 0.3) is 5.69 Å². The molecule has 0 amide bonds.